The summed E-state index contributed by atoms with van der Waals surface area (Å²) < 4.78 is 29.2. The van der Waals surface area contributed by atoms with Crippen LogP contribution in [0.1, 0.15) is 5.56 Å². The second-order valence-corrected chi connectivity index (χ2v) is 11.5. The molecule has 0 amide bonds. The molecule has 7 heteroatoms. The maximum Gasteiger partial charge on any atom is 0.223 e. The first kappa shape index (κ1) is 23.9. The topological polar surface area (TPSA) is 68.1 Å². The lowest BCUT2D eigenvalue weighted by Crippen LogP contribution is -2.11. The van der Waals surface area contributed by atoms with E-state index in [9.17, 15) is 8.42 Å². The normalized spacial score (nSPS) is 11.8. The van der Waals surface area contributed by atoms with Crippen LogP contribution >= 0.6 is 0 Å². The lowest BCUT2D eigenvalue weighted by molar-refractivity contribution is 0.592. The average Bonchev–Trinajstić information content (AvgIpc) is 3.27. The molecular weight excluding hydrogens is 492 g/mol. The molecule has 0 aliphatic rings. The fourth-order valence-electron chi connectivity index (χ4n) is 4.83. The number of pyridine rings is 2. The molecule has 3 heterocycles. The number of para-hydroxylation sites is 1. The largest absolute Gasteiger partial charge is 0.378 e. The maximum absolute atomic E-state index is 13.5. The number of rotatable bonds is 5. The molecule has 3 aromatic heterocycles. The molecular formula is C31H26N4O2S. The van der Waals surface area contributed by atoms with Crippen LogP contribution in [0.3, 0.4) is 0 Å². The quantitative estimate of drug-likeness (QED) is 0.262. The zero-order valence-corrected chi connectivity index (χ0v) is 22.1. The van der Waals surface area contributed by atoms with Gasteiger partial charge in [-0.05, 0) is 72.1 Å². The van der Waals surface area contributed by atoms with Crippen LogP contribution in [0.5, 0.6) is 0 Å². The number of aromatic nitrogens is 3. The molecule has 0 aliphatic heterocycles. The van der Waals surface area contributed by atoms with Gasteiger partial charge in [0.15, 0.2) is 5.03 Å². The number of hydrogen-bond donors (Lipinski definition) is 0. The molecule has 0 saturated heterocycles. The molecule has 0 N–H and O–H groups in total. The Morgan fingerprint density at radius 3 is 2.29 bits per heavy atom. The fraction of sp³-hybridized carbons (Fsp3) is 0.0968. The summed E-state index contributed by atoms with van der Waals surface area (Å²) in [5, 5.41) is 2.28. The number of anilines is 1. The third kappa shape index (κ3) is 4.01. The Hall–Kier alpha value is -4.49. The minimum atomic E-state index is -3.80. The summed E-state index contributed by atoms with van der Waals surface area (Å²) in [6.45, 7) is 2.06. The molecule has 6 nitrogen and oxygen atoms in total. The second-order valence-electron chi connectivity index (χ2n) is 9.55. The molecule has 0 radical (unpaired) electrons. The molecule has 188 valence electrons. The van der Waals surface area contributed by atoms with Crippen molar-refractivity contribution in [3.05, 3.63) is 109 Å². The highest BCUT2D eigenvalue weighted by molar-refractivity contribution is 7.91. The van der Waals surface area contributed by atoms with Gasteiger partial charge < -0.3 is 4.90 Å². The van der Waals surface area contributed by atoms with Crippen LogP contribution in [0.2, 0.25) is 0 Å². The molecule has 3 aromatic carbocycles. The zero-order chi connectivity index (χ0) is 26.4. The zero-order valence-electron chi connectivity index (χ0n) is 21.3. The molecule has 0 bridgehead atoms. The van der Waals surface area contributed by atoms with Gasteiger partial charge in [0.1, 0.15) is 5.82 Å². The van der Waals surface area contributed by atoms with Gasteiger partial charge in [0.2, 0.25) is 9.84 Å². The number of hydrogen-bond acceptors (Lipinski definition) is 5. The van der Waals surface area contributed by atoms with Gasteiger partial charge in [-0.3, -0.25) is 4.57 Å². The van der Waals surface area contributed by atoms with Gasteiger partial charge >= 0.3 is 0 Å². The summed E-state index contributed by atoms with van der Waals surface area (Å²) in [6.07, 6.45) is 3.35. The predicted molar refractivity (Wildman–Crippen MR) is 153 cm³/mol. The van der Waals surface area contributed by atoms with Gasteiger partial charge in [-0.25, -0.2) is 18.4 Å². The molecule has 6 aromatic rings. The molecule has 38 heavy (non-hydrogen) atoms. The van der Waals surface area contributed by atoms with E-state index in [1.807, 2.05) is 55.5 Å². The van der Waals surface area contributed by atoms with E-state index in [0.29, 0.717) is 0 Å². The van der Waals surface area contributed by atoms with E-state index >= 15 is 0 Å². The van der Waals surface area contributed by atoms with E-state index in [1.165, 1.54) is 6.20 Å². The number of benzene rings is 3. The van der Waals surface area contributed by atoms with Crippen LogP contribution < -0.4 is 4.90 Å². The third-order valence-corrected chi connectivity index (χ3v) is 8.44. The molecule has 0 unspecified atom stereocenters. The molecule has 0 aliphatic carbocycles. The summed E-state index contributed by atoms with van der Waals surface area (Å²) in [7, 11) is -0.0592. The summed E-state index contributed by atoms with van der Waals surface area (Å²) in [5.41, 5.74) is 5.71. The van der Waals surface area contributed by atoms with Gasteiger partial charge in [-0.1, -0.05) is 42.5 Å². The maximum atomic E-state index is 13.5. The summed E-state index contributed by atoms with van der Waals surface area (Å²) >= 11 is 0. The number of nitrogens with zero attached hydrogens (tertiary/aromatic N) is 4. The van der Waals surface area contributed by atoms with Gasteiger partial charge in [0.25, 0.3) is 0 Å². The first-order valence-corrected chi connectivity index (χ1v) is 13.8. The Balaban J connectivity index is 1.51. The smallest absolute Gasteiger partial charge is 0.223 e. The Morgan fingerprint density at radius 2 is 1.47 bits per heavy atom. The van der Waals surface area contributed by atoms with Crippen LogP contribution in [0.15, 0.2) is 113 Å². The van der Waals surface area contributed by atoms with Crippen molar-refractivity contribution in [1.29, 1.82) is 0 Å². The van der Waals surface area contributed by atoms with Crippen molar-refractivity contribution in [2.24, 2.45) is 0 Å². The van der Waals surface area contributed by atoms with Crippen LogP contribution in [0.25, 0.3) is 38.8 Å². The van der Waals surface area contributed by atoms with Crippen molar-refractivity contribution in [3.8, 4) is 16.9 Å². The lowest BCUT2D eigenvalue weighted by atomic mass is 10.0. The Labute approximate surface area is 221 Å². The van der Waals surface area contributed by atoms with E-state index in [2.05, 4.69) is 51.8 Å². The molecule has 0 saturated carbocycles. The van der Waals surface area contributed by atoms with E-state index in [1.54, 1.807) is 30.3 Å². The minimum absolute atomic E-state index is 0.0296. The number of sulfone groups is 1. The summed E-state index contributed by atoms with van der Waals surface area (Å²) in [6, 6.07) is 29.0. The SMILES string of the molecule is Cc1ccnc(-n2c3ccccc3c3ccc(-c4cccc(S(=O)(=O)c5cc(N(C)C)ccn5)c4)cc32)c1. The van der Waals surface area contributed by atoms with Gasteiger partial charge in [0.05, 0.1) is 15.9 Å². The molecule has 0 fully saturated rings. The monoisotopic (exact) mass is 518 g/mol. The van der Waals surface area contributed by atoms with Crippen molar-refractivity contribution in [2.45, 2.75) is 16.8 Å². The van der Waals surface area contributed by atoms with Gasteiger partial charge in [-0.15, -0.1) is 0 Å². The summed E-state index contributed by atoms with van der Waals surface area (Å²) in [4.78, 5) is 10.9. The Kier molecular flexibility index (Phi) is 5.73. The molecule has 0 atom stereocenters. The van der Waals surface area contributed by atoms with Crippen LogP contribution in [-0.4, -0.2) is 37.0 Å². The first-order chi connectivity index (χ1) is 18.3. The third-order valence-electron chi connectivity index (χ3n) is 6.79. The van der Waals surface area contributed by atoms with Crippen molar-refractivity contribution < 1.29 is 8.42 Å². The highest BCUT2D eigenvalue weighted by Crippen LogP contribution is 2.35. The minimum Gasteiger partial charge on any atom is -0.378 e. The molecule has 0 spiro atoms. The fourth-order valence-corrected chi connectivity index (χ4v) is 6.08. The highest BCUT2D eigenvalue weighted by atomic mass is 32.2. The van der Waals surface area contributed by atoms with Crippen molar-refractivity contribution in [2.75, 3.05) is 19.0 Å². The predicted octanol–water partition coefficient (Wildman–Crippen LogP) is 6.45. The lowest BCUT2D eigenvalue weighted by Gasteiger charge is -2.13. The van der Waals surface area contributed by atoms with Crippen molar-refractivity contribution in [1.82, 2.24) is 14.5 Å². The van der Waals surface area contributed by atoms with E-state index in [-0.39, 0.29) is 9.92 Å². The Bertz CT molecular complexity index is 1940. The van der Waals surface area contributed by atoms with Crippen LogP contribution in [0, 0.1) is 6.92 Å². The molecule has 6 rings (SSSR count). The summed E-state index contributed by atoms with van der Waals surface area (Å²) in [5.74, 6) is 0.844. The van der Waals surface area contributed by atoms with Gasteiger partial charge in [-0.2, -0.15) is 0 Å². The Morgan fingerprint density at radius 1 is 0.711 bits per heavy atom. The van der Waals surface area contributed by atoms with Crippen molar-refractivity contribution in [3.63, 3.8) is 0 Å². The first-order valence-electron chi connectivity index (χ1n) is 12.3. The van der Waals surface area contributed by atoms with Gasteiger partial charge in [0, 0.05) is 42.9 Å². The number of fused-ring (bicyclic) bond motifs is 3. The standard InChI is InChI=1S/C31H26N4O2S/c1-21-13-15-32-30(17-21)35-28-10-5-4-9-26(28)27-12-11-23(19-29(27)35)22-7-6-8-25(18-22)38(36,37)31-20-24(34(2)3)14-16-33-31/h4-20H,1-3H3. The van der Waals surface area contributed by atoms with E-state index in [0.717, 1.165) is 50.0 Å². The van der Waals surface area contributed by atoms with E-state index < -0.39 is 9.84 Å². The van der Waals surface area contributed by atoms with Crippen LogP contribution in [0.4, 0.5) is 5.69 Å². The van der Waals surface area contributed by atoms with Crippen LogP contribution in [-0.2, 0) is 9.84 Å². The number of aryl methyl sites for hydroxylation is 1. The van der Waals surface area contributed by atoms with Crippen molar-refractivity contribution >= 4 is 37.3 Å². The van der Waals surface area contributed by atoms with E-state index in [4.69, 9.17) is 0 Å². The average molecular weight is 519 g/mol. The second kappa shape index (κ2) is 9.11. The highest BCUT2D eigenvalue weighted by Gasteiger charge is 2.21.